The molecule has 4 aromatic rings. The van der Waals surface area contributed by atoms with E-state index in [1.807, 2.05) is 44.2 Å². The number of pyridine rings is 1. The van der Waals surface area contributed by atoms with Crippen molar-refractivity contribution in [3.05, 3.63) is 95.7 Å². The molecular weight excluding hydrogens is 434 g/mol. The molecule has 7 heteroatoms. The number of sulfonamides is 1. The zero-order valence-corrected chi connectivity index (χ0v) is 19.6. The third kappa shape index (κ3) is 4.59. The van der Waals surface area contributed by atoms with Crippen LogP contribution in [0.2, 0.25) is 0 Å². The molecule has 0 spiro atoms. The number of para-hydroxylation sites is 2. The number of fused-ring (bicyclic) bond motifs is 1. The number of nitrogens with zero attached hydrogens (tertiary/aromatic N) is 2. The van der Waals surface area contributed by atoms with Gasteiger partial charge in [-0.1, -0.05) is 42.5 Å². The SMILES string of the molecule is Cc1nc2ccccc2c(C)c1CC(=O)Nc1cccc(S(=O)(=O)N(C)c2ccccc2)c1. The van der Waals surface area contributed by atoms with Gasteiger partial charge in [0.1, 0.15) is 0 Å². The van der Waals surface area contributed by atoms with Gasteiger partial charge < -0.3 is 5.32 Å². The molecule has 0 aliphatic heterocycles. The minimum absolute atomic E-state index is 0.103. The molecule has 0 fully saturated rings. The molecule has 0 radical (unpaired) electrons. The van der Waals surface area contributed by atoms with Crippen LogP contribution in [0.3, 0.4) is 0 Å². The van der Waals surface area contributed by atoms with Crippen molar-refractivity contribution < 1.29 is 13.2 Å². The fourth-order valence-corrected chi connectivity index (χ4v) is 5.11. The summed E-state index contributed by atoms with van der Waals surface area (Å²) < 4.78 is 27.4. The fraction of sp³-hybridized carbons (Fsp3) is 0.154. The van der Waals surface area contributed by atoms with E-state index >= 15 is 0 Å². The van der Waals surface area contributed by atoms with E-state index < -0.39 is 10.0 Å². The number of carbonyl (C=O) groups is 1. The Morgan fingerprint density at radius 3 is 2.39 bits per heavy atom. The molecule has 6 nitrogen and oxygen atoms in total. The second-order valence-electron chi connectivity index (χ2n) is 7.88. The summed E-state index contributed by atoms with van der Waals surface area (Å²) in [6.07, 6.45) is 0.149. The van der Waals surface area contributed by atoms with E-state index in [-0.39, 0.29) is 17.2 Å². The van der Waals surface area contributed by atoms with Gasteiger partial charge >= 0.3 is 0 Å². The van der Waals surface area contributed by atoms with Crippen LogP contribution in [0, 0.1) is 13.8 Å². The number of benzene rings is 3. The molecule has 1 N–H and O–H groups in total. The standard InChI is InChI=1S/C26H25N3O3S/c1-18-23-14-7-8-15-25(23)27-19(2)24(18)17-26(30)28-20-10-9-13-22(16-20)33(31,32)29(3)21-11-5-4-6-12-21/h4-16H,17H2,1-3H3,(H,28,30). The van der Waals surface area contributed by atoms with Gasteiger partial charge in [0.05, 0.1) is 22.5 Å². The van der Waals surface area contributed by atoms with Crippen molar-refractivity contribution in [1.82, 2.24) is 4.98 Å². The molecular formula is C26H25N3O3S. The first-order valence-electron chi connectivity index (χ1n) is 10.6. The van der Waals surface area contributed by atoms with Crippen molar-refractivity contribution in [3.8, 4) is 0 Å². The lowest BCUT2D eigenvalue weighted by Crippen LogP contribution is -2.26. The van der Waals surface area contributed by atoms with Crippen LogP contribution in [-0.2, 0) is 21.2 Å². The number of amides is 1. The Bertz CT molecular complexity index is 1430. The van der Waals surface area contributed by atoms with Crippen LogP contribution in [0.25, 0.3) is 10.9 Å². The van der Waals surface area contributed by atoms with E-state index in [1.54, 1.807) is 36.4 Å². The summed E-state index contributed by atoms with van der Waals surface area (Å²) in [5.41, 5.74) is 4.58. The van der Waals surface area contributed by atoms with E-state index in [4.69, 9.17) is 0 Å². The smallest absolute Gasteiger partial charge is 0.264 e. The third-order valence-corrected chi connectivity index (χ3v) is 7.50. The van der Waals surface area contributed by atoms with Gasteiger partial charge in [-0.15, -0.1) is 0 Å². The van der Waals surface area contributed by atoms with Crippen molar-refractivity contribution in [2.24, 2.45) is 0 Å². The largest absolute Gasteiger partial charge is 0.326 e. The first-order chi connectivity index (χ1) is 15.8. The predicted octanol–water partition coefficient (Wildman–Crippen LogP) is 4.86. The Morgan fingerprint density at radius 2 is 1.64 bits per heavy atom. The van der Waals surface area contributed by atoms with Crippen LogP contribution in [0.4, 0.5) is 11.4 Å². The summed E-state index contributed by atoms with van der Waals surface area (Å²) in [5, 5.41) is 3.85. The second-order valence-corrected chi connectivity index (χ2v) is 9.85. The lowest BCUT2D eigenvalue weighted by atomic mass is 9.99. The van der Waals surface area contributed by atoms with Gasteiger partial charge in [0, 0.05) is 23.8 Å². The minimum Gasteiger partial charge on any atom is -0.326 e. The highest BCUT2D eigenvalue weighted by Crippen LogP contribution is 2.25. The van der Waals surface area contributed by atoms with Crippen molar-refractivity contribution in [1.29, 1.82) is 0 Å². The maximum atomic E-state index is 13.1. The van der Waals surface area contributed by atoms with Crippen molar-refractivity contribution in [3.63, 3.8) is 0 Å². The van der Waals surface area contributed by atoms with Crippen LogP contribution in [-0.4, -0.2) is 26.4 Å². The number of nitrogens with one attached hydrogen (secondary N) is 1. The Labute approximate surface area is 194 Å². The first kappa shape index (κ1) is 22.5. The molecule has 33 heavy (non-hydrogen) atoms. The number of hydrogen-bond donors (Lipinski definition) is 1. The number of aromatic nitrogens is 1. The van der Waals surface area contributed by atoms with Gasteiger partial charge in [0.15, 0.2) is 0 Å². The van der Waals surface area contributed by atoms with E-state index in [0.29, 0.717) is 11.4 Å². The molecule has 1 amide bonds. The molecule has 0 saturated carbocycles. The zero-order valence-electron chi connectivity index (χ0n) is 18.7. The van der Waals surface area contributed by atoms with Crippen molar-refractivity contribution in [2.75, 3.05) is 16.7 Å². The van der Waals surface area contributed by atoms with Gasteiger partial charge in [-0.25, -0.2) is 8.42 Å². The Kier molecular flexibility index (Phi) is 6.16. The Balaban J connectivity index is 1.56. The zero-order chi connectivity index (χ0) is 23.6. The number of carbonyl (C=O) groups excluding carboxylic acids is 1. The molecule has 1 aromatic heterocycles. The van der Waals surface area contributed by atoms with E-state index in [1.165, 1.54) is 23.5 Å². The molecule has 168 valence electrons. The lowest BCUT2D eigenvalue weighted by Gasteiger charge is -2.20. The maximum absolute atomic E-state index is 13.1. The summed E-state index contributed by atoms with van der Waals surface area (Å²) in [6, 6.07) is 23.0. The average molecular weight is 460 g/mol. The predicted molar refractivity (Wildman–Crippen MR) is 132 cm³/mol. The fourth-order valence-electron chi connectivity index (χ4n) is 3.87. The Hall–Kier alpha value is -3.71. The molecule has 3 aromatic carbocycles. The van der Waals surface area contributed by atoms with E-state index in [0.717, 1.165) is 27.7 Å². The topological polar surface area (TPSA) is 79.4 Å². The van der Waals surface area contributed by atoms with Gasteiger partial charge in [-0.05, 0) is 61.4 Å². The molecule has 0 aliphatic carbocycles. The molecule has 0 saturated heterocycles. The summed E-state index contributed by atoms with van der Waals surface area (Å²) in [6.45, 7) is 3.89. The van der Waals surface area contributed by atoms with Crippen LogP contribution in [0.15, 0.2) is 83.8 Å². The van der Waals surface area contributed by atoms with Gasteiger partial charge in [0.2, 0.25) is 5.91 Å². The van der Waals surface area contributed by atoms with Gasteiger partial charge in [0.25, 0.3) is 10.0 Å². The molecule has 0 bridgehead atoms. The Morgan fingerprint density at radius 1 is 0.939 bits per heavy atom. The molecule has 1 heterocycles. The van der Waals surface area contributed by atoms with Gasteiger partial charge in [-0.3, -0.25) is 14.1 Å². The van der Waals surface area contributed by atoms with E-state index in [9.17, 15) is 13.2 Å². The molecule has 0 aliphatic rings. The van der Waals surface area contributed by atoms with Crippen molar-refractivity contribution >= 4 is 38.2 Å². The quantitative estimate of drug-likeness (QED) is 0.447. The highest BCUT2D eigenvalue weighted by Gasteiger charge is 2.22. The van der Waals surface area contributed by atoms with Gasteiger partial charge in [-0.2, -0.15) is 0 Å². The normalized spacial score (nSPS) is 11.4. The number of aryl methyl sites for hydroxylation is 2. The highest BCUT2D eigenvalue weighted by molar-refractivity contribution is 7.92. The number of anilines is 2. The third-order valence-electron chi connectivity index (χ3n) is 5.72. The maximum Gasteiger partial charge on any atom is 0.264 e. The van der Waals surface area contributed by atoms with E-state index in [2.05, 4.69) is 10.3 Å². The van der Waals surface area contributed by atoms with Crippen LogP contribution < -0.4 is 9.62 Å². The summed E-state index contributed by atoms with van der Waals surface area (Å²) in [4.78, 5) is 17.6. The number of hydrogen-bond acceptors (Lipinski definition) is 4. The average Bonchev–Trinajstić information content (AvgIpc) is 2.82. The summed E-state index contributed by atoms with van der Waals surface area (Å²) in [7, 11) is -2.27. The number of rotatable bonds is 6. The monoisotopic (exact) mass is 459 g/mol. The minimum atomic E-state index is -3.77. The first-order valence-corrected chi connectivity index (χ1v) is 12.0. The molecule has 4 rings (SSSR count). The summed E-state index contributed by atoms with van der Waals surface area (Å²) >= 11 is 0. The van der Waals surface area contributed by atoms with Crippen LogP contribution in [0.1, 0.15) is 16.8 Å². The highest BCUT2D eigenvalue weighted by atomic mass is 32.2. The van der Waals surface area contributed by atoms with Crippen LogP contribution in [0.5, 0.6) is 0 Å². The second kappa shape index (κ2) is 9.03. The molecule has 0 unspecified atom stereocenters. The summed E-state index contributed by atoms with van der Waals surface area (Å²) in [5.74, 6) is -0.232. The molecule has 0 atom stereocenters. The van der Waals surface area contributed by atoms with Crippen LogP contribution >= 0.6 is 0 Å². The van der Waals surface area contributed by atoms with Crippen molar-refractivity contribution in [2.45, 2.75) is 25.2 Å². The lowest BCUT2D eigenvalue weighted by molar-refractivity contribution is -0.115.